The molecule has 1 aliphatic heterocycles. The van der Waals surface area contributed by atoms with Gasteiger partial charge in [-0.2, -0.15) is 5.10 Å². The van der Waals surface area contributed by atoms with Gasteiger partial charge in [0.1, 0.15) is 0 Å². The van der Waals surface area contributed by atoms with Gasteiger partial charge in [-0.15, -0.1) is 0 Å². The highest BCUT2D eigenvalue weighted by Crippen LogP contribution is 2.49. The van der Waals surface area contributed by atoms with Crippen LogP contribution in [-0.4, -0.2) is 40.6 Å². The zero-order valence-electron chi connectivity index (χ0n) is 16.9. The van der Waals surface area contributed by atoms with Crippen LogP contribution in [0, 0.1) is 6.92 Å². The number of rotatable bonds is 6. The van der Waals surface area contributed by atoms with E-state index in [0.29, 0.717) is 0 Å². The molecular weight excluding hydrogens is 360 g/mol. The molecule has 2 heterocycles. The van der Waals surface area contributed by atoms with E-state index in [0.717, 1.165) is 54.6 Å². The first kappa shape index (κ1) is 18.4. The van der Waals surface area contributed by atoms with E-state index < -0.39 is 5.41 Å². The van der Waals surface area contributed by atoms with E-state index in [2.05, 4.69) is 56.8 Å². The van der Waals surface area contributed by atoms with Gasteiger partial charge in [-0.05, 0) is 69.0 Å². The van der Waals surface area contributed by atoms with E-state index in [1.54, 1.807) is 0 Å². The second-order valence-corrected chi connectivity index (χ2v) is 8.61. The van der Waals surface area contributed by atoms with Gasteiger partial charge in [0.05, 0.1) is 17.0 Å². The van der Waals surface area contributed by atoms with E-state index in [1.165, 1.54) is 18.4 Å². The summed E-state index contributed by atoms with van der Waals surface area (Å²) in [5, 5.41) is 11.9. The van der Waals surface area contributed by atoms with Crippen LogP contribution in [0.25, 0.3) is 10.9 Å². The maximum absolute atomic E-state index is 13.5. The quantitative estimate of drug-likeness (QED) is 0.674. The van der Waals surface area contributed by atoms with Gasteiger partial charge in [0.15, 0.2) is 0 Å². The van der Waals surface area contributed by atoms with Crippen molar-refractivity contribution < 1.29 is 4.79 Å². The molecule has 1 atom stereocenters. The molecule has 0 spiro atoms. The lowest BCUT2D eigenvalue weighted by molar-refractivity contribution is -0.124. The molecular formula is C24H28N4O. The predicted molar refractivity (Wildman–Crippen MR) is 115 cm³/mol. The van der Waals surface area contributed by atoms with E-state index in [1.807, 2.05) is 19.1 Å². The number of hydrogen-bond donors (Lipinski definition) is 2. The topological polar surface area (TPSA) is 61.0 Å². The molecule has 29 heavy (non-hydrogen) atoms. The maximum Gasteiger partial charge on any atom is 0.231 e. The molecule has 5 rings (SSSR count). The van der Waals surface area contributed by atoms with Gasteiger partial charge in [-0.25, -0.2) is 0 Å². The van der Waals surface area contributed by atoms with Crippen LogP contribution in [0.5, 0.6) is 0 Å². The minimum absolute atomic E-state index is 0.0265. The van der Waals surface area contributed by atoms with Crippen LogP contribution >= 0.6 is 0 Å². The Balaban J connectivity index is 1.40. The van der Waals surface area contributed by atoms with Gasteiger partial charge >= 0.3 is 0 Å². The van der Waals surface area contributed by atoms with Crippen molar-refractivity contribution in [1.82, 2.24) is 20.4 Å². The SMILES string of the molecule is Cc1[nH]nc2ccc(C3(C(=O)N[C@H](CN4CCCC4)c4ccccc4)CC3)cc12. The smallest absolute Gasteiger partial charge is 0.231 e. The molecule has 0 bridgehead atoms. The number of aryl methyl sites for hydroxylation is 1. The predicted octanol–water partition coefficient (Wildman–Crippen LogP) is 3.86. The molecule has 150 valence electrons. The lowest BCUT2D eigenvalue weighted by atomic mass is 9.92. The summed E-state index contributed by atoms with van der Waals surface area (Å²) in [4.78, 5) is 16.0. The van der Waals surface area contributed by atoms with Gasteiger partial charge in [0.25, 0.3) is 0 Å². The molecule has 1 aromatic heterocycles. The molecule has 0 radical (unpaired) electrons. The van der Waals surface area contributed by atoms with Crippen molar-refractivity contribution in [3.05, 3.63) is 65.4 Å². The Kier molecular flexibility index (Phi) is 4.63. The minimum Gasteiger partial charge on any atom is -0.347 e. The summed E-state index contributed by atoms with van der Waals surface area (Å²) in [7, 11) is 0. The average molecular weight is 389 g/mol. The molecule has 2 aromatic carbocycles. The summed E-state index contributed by atoms with van der Waals surface area (Å²) in [6.07, 6.45) is 4.33. The number of aromatic nitrogens is 2. The maximum atomic E-state index is 13.5. The van der Waals surface area contributed by atoms with Crippen molar-refractivity contribution in [1.29, 1.82) is 0 Å². The Morgan fingerprint density at radius 1 is 1.17 bits per heavy atom. The number of hydrogen-bond acceptors (Lipinski definition) is 3. The molecule has 3 aromatic rings. The molecule has 2 fully saturated rings. The van der Waals surface area contributed by atoms with Crippen molar-refractivity contribution in [3.63, 3.8) is 0 Å². The molecule has 2 aliphatic rings. The summed E-state index contributed by atoms with van der Waals surface area (Å²) in [5.74, 6) is 0.158. The van der Waals surface area contributed by atoms with Crippen LogP contribution in [0.3, 0.4) is 0 Å². The summed E-state index contributed by atoms with van der Waals surface area (Å²) < 4.78 is 0. The first-order chi connectivity index (χ1) is 14.2. The number of carbonyl (C=O) groups is 1. The zero-order chi connectivity index (χ0) is 19.8. The second-order valence-electron chi connectivity index (χ2n) is 8.61. The second kappa shape index (κ2) is 7.30. The van der Waals surface area contributed by atoms with Crippen LogP contribution in [-0.2, 0) is 10.2 Å². The largest absolute Gasteiger partial charge is 0.347 e. The molecule has 1 amide bonds. The van der Waals surface area contributed by atoms with Crippen molar-refractivity contribution >= 4 is 16.8 Å². The minimum atomic E-state index is -0.393. The third-order valence-electron chi connectivity index (χ3n) is 6.63. The van der Waals surface area contributed by atoms with Gasteiger partial charge in [-0.1, -0.05) is 36.4 Å². The van der Waals surface area contributed by atoms with Gasteiger partial charge < -0.3 is 10.2 Å². The highest BCUT2D eigenvalue weighted by molar-refractivity contribution is 5.93. The standard InChI is InChI=1S/C24H28N4O/c1-17-20-15-19(9-10-21(20)27-26-17)24(11-12-24)23(29)25-22(16-28-13-5-6-14-28)18-7-3-2-4-8-18/h2-4,7-10,15,22H,5-6,11-14,16H2,1H3,(H,25,29)(H,26,27)/t22-/m1/s1. The molecule has 2 N–H and O–H groups in total. The van der Waals surface area contributed by atoms with Crippen LogP contribution in [0.15, 0.2) is 48.5 Å². The van der Waals surface area contributed by atoms with Crippen molar-refractivity contribution in [2.24, 2.45) is 0 Å². The highest BCUT2D eigenvalue weighted by atomic mass is 16.2. The van der Waals surface area contributed by atoms with Crippen LogP contribution < -0.4 is 5.32 Å². The molecule has 0 unspecified atom stereocenters. The lowest BCUT2D eigenvalue weighted by Crippen LogP contribution is -2.41. The first-order valence-corrected chi connectivity index (χ1v) is 10.7. The third kappa shape index (κ3) is 3.44. The number of fused-ring (bicyclic) bond motifs is 1. The van der Waals surface area contributed by atoms with Crippen molar-refractivity contribution in [2.45, 2.75) is 44.1 Å². The Morgan fingerprint density at radius 3 is 2.66 bits per heavy atom. The Morgan fingerprint density at radius 2 is 1.93 bits per heavy atom. The molecule has 1 saturated carbocycles. The number of carbonyl (C=O) groups excluding carboxylic acids is 1. The fraction of sp³-hybridized carbons (Fsp3) is 0.417. The lowest BCUT2D eigenvalue weighted by Gasteiger charge is -2.27. The van der Waals surface area contributed by atoms with Crippen molar-refractivity contribution in [3.8, 4) is 0 Å². The fourth-order valence-corrected chi connectivity index (χ4v) is 4.65. The third-order valence-corrected chi connectivity index (χ3v) is 6.63. The van der Waals surface area contributed by atoms with Crippen LogP contribution in [0.2, 0.25) is 0 Å². The van der Waals surface area contributed by atoms with E-state index in [4.69, 9.17) is 0 Å². The number of H-pyrrole nitrogens is 1. The number of nitrogens with one attached hydrogen (secondary N) is 2. The molecule has 1 aliphatic carbocycles. The Hall–Kier alpha value is -2.66. The monoisotopic (exact) mass is 388 g/mol. The van der Waals surface area contributed by atoms with Crippen LogP contribution in [0.4, 0.5) is 0 Å². The average Bonchev–Trinajstić information content (AvgIpc) is 3.26. The number of benzene rings is 2. The summed E-state index contributed by atoms with van der Waals surface area (Å²) in [5.41, 5.74) is 3.91. The van der Waals surface area contributed by atoms with Gasteiger partial charge in [0.2, 0.25) is 5.91 Å². The van der Waals surface area contributed by atoms with Crippen molar-refractivity contribution in [2.75, 3.05) is 19.6 Å². The highest BCUT2D eigenvalue weighted by Gasteiger charge is 2.51. The summed E-state index contributed by atoms with van der Waals surface area (Å²) in [6, 6.07) is 16.7. The van der Waals surface area contributed by atoms with E-state index in [9.17, 15) is 4.79 Å². The van der Waals surface area contributed by atoms with E-state index in [-0.39, 0.29) is 11.9 Å². The Labute approximate surface area is 171 Å². The molecule has 5 heteroatoms. The van der Waals surface area contributed by atoms with Crippen LogP contribution in [0.1, 0.15) is 48.5 Å². The Bertz CT molecular complexity index is 1020. The number of likely N-dealkylation sites (tertiary alicyclic amines) is 1. The number of nitrogens with zero attached hydrogens (tertiary/aromatic N) is 2. The number of amides is 1. The summed E-state index contributed by atoms with van der Waals surface area (Å²) >= 11 is 0. The van der Waals surface area contributed by atoms with Gasteiger partial charge in [0, 0.05) is 17.6 Å². The van der Waals surface area contributed by atoms with E-state index >= 15 is 0 Å². The normalized spacial score (nSPS) is 19.3. The molecule has 1 saturated heterocycles. The summed E-state index contributed by atoms with van der Waals surface area (Å²) in [6.45, 7) is 5.16. The zero-order valence-corrected chi connectivity index (χ0v) is 16.9. The first-order valence-electron chi connectivity index (χ1n) is 10.7. The molecule has 5 nitrogen and oxygen atoms in total. The number of aromatic amines is 1. The fourth-order valence-electron chi connectivity index (χ4n) is 4.65. The van der Waals surface area contributed by atoms with Gasteiger partial charge in [-0.3, -0.25) is 9.89 Å².